The van der Waals surface area contributed by atoms with Crippen LogP contribution in [0, 0.1) is 6.92 Å². The van der Waals surface area contributed by atoms with Crippen LogP contribution in [0.5, 0.6) is 5.75 Å². The van der Waals surface area contributed by atoms with Crippen molar-refractivity contribution in [2.45, 2.75) is 20.0 Å². The first-order valence-electron chi connectivity index (χ1n) is 11.9. The number of carbonyl (C=O) groups is 1. The van der Waals surface area contributed by atoms with Gasteiger partial charge in [0.1, 0.15) is 23.8 Å². The molecule has 0 bridgehead atoms. The van der Waals surface area contributed by atoms with Crippen molar-refractivity contribution in [1.29, 1.82) is 0 Å². The highest BCUT2D eigenvalue weighted by Gasteiger charge is 2.18. The fraction of sp³-hybridized carbons (Fsp3) is 0.250. The molecule has 5 rings (SSSR count). The first-order valence-corrected chi connectivity index (χ1v) is 12.3. The molecule has 0 aliphatic carbocycles. The topological polar surface area (TPSA) is 80.5 Å². The van der Waals surface area contributed by atoms with Crippen molar-refractivity contribution in [2.75, 3.05) is 26.2 Å². The number of aryl methyl sites for hydroxylation is 1. The number of ether oxygens (including phenoxy) is 1. The van der Waals surface area contributed by atoms with Crippen LogP contribution in [0.2, 0.25) is 5.02 Å². The zero-order chi connectivity index (χ0) is 24.9. The van der Waals surface area contributed by atoms with E-state index in [-0.39, 0.29) is 5.91 Å². The summed E-state index contributed by atoms with van der Waals surface area (Å²) in [5.74, 6) is 2.16. The summed E-state index contributed by atoms with van der Waals surface area (Å²) in [6, 6.07) is 19.1. The maximum absolute atomic E-state index is 12.6. The van der Waals surface area contributed by atoms with Crippen LogP contribution in [-0.4, -0.2) is 47.0 Å². The Morgan fingerprint density at radius 2 is 1.92 bits per heavy atom. The van der Waals surface area contributed by atoms with Crippen molar-refractivity contribution in [3.63, 3.8) is 0 Å². The molecule has 2 aromatic carbocycles. The minimum Gasteiger partial charge on any atom is -0.487 e. The highest BCUT2D eigenvalue weighted by atomic mass is 35.5. The molecular weight excluding hydrogens is 476 g/mol. The van der Waals surface area contributed by atoms with E-state index in [2.05, 4.69) is 15.3 Å². The Morgan fingerprint density at radius 1 is 1.11 bits per heavy atom. The molecule has 1 amide bonds. The van der Waals surface area contributed by atoms with Gasteiger partial charge < -0.3 is 19.4 Å². The number of hydrogen-bond acceptors (Lipinski definition) is 6. The highest BCUT2D eigenvalue weighted by Crippen LogP contribution is 2.27. The molecule has 36 heavy (non-hydrogen) atoms. The van der Waals surface area contributed by atoms with Gasteiger partial charge in [-0.2, -0.15) is 0 Å². The molecule has 1 saturated heterocycles. The van der Waals surface area contributed by atoms with Crippen molar-refractivity contribution in [3.8, 4) is 17.0 Å². The molecule has 1 fully saturated rings. The first kappa shape index (κ1) is 24.0. The lowest BCUT2D eigenvalue weighted by molar-refractivity contribution is 0.0735. The molecule has 0 saturated carbocycles. The largest absolute Gasteiger partial charge is 0.487 e. The summed E-state index contributed by atoms with van der Waals surface area (Å²) in [5.41, 5.74) is 4.17. The first-order chi connectivity index (χ1) is 17.5. The van der Waals surface area contributed by atoms with Gasteiger partial charge in [0, 0.05) is 49.4 Å². The molecule has 0 spiro atoms. The van der Waals surface area contributed by atoms with Crippen LogP contribution < -0.4 is 10.1 Å². The third kappa shape index (κ3) is 5.75. The number of halogens is 1. The van der Waals surface area contributed by atoms with Crippen LogP contribution in [0.3, 0.4) is 0 Å². The third-order valence-electron chi connectivity index (χ3n) is 6.08. The van der Waals surface area contributed by atoms with Crippen molar-refractivity contribution >= 4 is 17.5 Å². The van der Waals surface area contributed by atoms with Crippen molar-refractivity contribution in [3.05, 3.63) is 100 Å². The molecular formula is C28H27ClN4O3. The molecule has 7 nitrogen and oxygen atoms in total. The molecule has 1 N–H and O–H groups in total. The van der Waals surface area contributed by atoms with E-state index in [1.807, 2.05) is 72.5 Å². The van der Waals surface area contributed by atoms with Crippen molar-refractivity contribution < 1.29 is 13.9 Å². The fourth-order valence-corrected chi connectivity index (χ4v) is 4.38. The van der Waals surface area contributed by atoms with Gasteiger partial charge >= 0.3 is 0 Å². The van der Waals surface area contributed by atoms with E-state index < -0.39 is 0 Å². The van der Waals surface area contributed by atoms with Gasteiger partial charge in [-0.25, -0.2) is 4.98 Å². The molecule has 4 aromatic rings. The second-order valence-electron chi connectivity index (χ2n) is 8.71. The van der Waals surface area contributed by atoms with E-state index in [4.69, 9.17) is 20.8 Å². The number of hydrogen-bond donors (Lipinski definition) is 1. The summed E-state index contributed by atoms with van der Waals surface area (Å²) in [7, 11) is 0. The molecule has 1 aliphatic rings. The van der Waals surface area contributed by atoms with Crippen molar-refractivity contribution in [1.82, 2.24) is 20.2 Å². The summed E-state index contributed by atoms with van der Waals surface area (Å²) in [5, 5.41) is 3.95. The Kier molecular flexibility index (Phi) is 7.30. The molecule has 184 valence electrons. The Balaban J connectivity index is 1.18. The molecule has 8 heteroatoms. The van der Waals surface area contributed by atoms with Gasteiger partial charge in [0.05, 0.1) is 11.3 Å². The minimum absolute atomic E-state index is 0.0194. The number of piperazine rings is 1. The maximum atomic E-state index is 12.6. The average molecular weight is 503 g/mol. The van der Waals surface area contributed by atoms with Gasteiger partial charge in [0.2, 0.25) is 0 Å². The molecule has 1 aliphatic heterocycles. The predicted octanol–water partition coefficient (Wildman–Crippen LogP) is 4.91. The van der Waals surface area contributed by atoms with E-state index in [0.29, 0.717) is 29.5 Å². The number of rotatable bonds is 7. The number of amides is 1. The standard InChI is InChI=1S/C28H27ClN4O3/c1-19-27(32-26(36-19)16-20-3-2-4-23(29)15-20)21-6-9-25(10-7-21)35-18-24-8-5-22(17-31-24)28(34)33-13-11-30-12-14-33/h2-10,15,17,30H,11-14,16,18H2,1H3. The van der Waals surface area contributed by atoms with Crippen LogP contribution in [0.15, 0.2) is 71.3 Å². The number of pyridine rings is 1. The lowest BCUT2D eigenvalue weighted by Crippen LogP contribution is -2.46. The lowest BCUT2D eigenvalue weighted by Gasteiger charge is -2.27. The minimum atomic E-state index is 0.0194. The van der Waals surface area contributed by atoms with Crippen LogP contribution in [-0.2, 0) is 13.0 Å². The van der Waals surface area contributed by atoms with Crippen LogP contribution in [0.4, 0.5) is 0 Å². The van der Waals surface area contributed by atoms with Gasteiger partial charge in [-0.05, 0) is 61.0 Å². The third-order valence-corrected chi connectivity index (χ3v) is 6.31. The quantitative estimate of drug-likeness (QED) is 0.386. The molecule has 2 aromatic heterocycles. The monoisotopic (exact) mass is 502 g/mol. The normalized spacial score (nSPS) is 13.6. The van der Waals surface area contributed by atoms with E-state index in [1.54, 1.807) is 6.20 Å². The smallest absolute Gasteiger partial charge is 0.255 e. The Bertz CT molecular complexity index is 1330. The Hall–Kier alpha value is -3.68. The van der Waals surface area contributed by atoms with Gasteiger partial charge in [0.15, 0.2) is 5.89 Å². The summed E-state index contributed by atoms with van der Waals surface area (Å²) >= 11 is 6.09. The summed E-state index contributed by atoms with van der Waals surface area (Å²) in [4.78, 5) is 23.5. The van der Waals surface area contributed by atoms with E-state index >= 15 is 0 Å². The summed E-state index contributed by atoms with van der Waals surface area (Å²) in [6.45, 7) is 5.31. The Labute approximate surface area is 215 Å². The average Bonchev–Trinajstić information content (AvgIpc) is 3.27. The van der Waals surface area contributed by atoms with Gasteiger partial charge in [0.25, 0.3) is 5.91 Å². The van der Waals surface area contributed by atoms with E-state index in [0.717, 1.165) is 60.2 Å². The maximum Gasteiger partial charge on any atom is 0.255 e. The van der Waals surface area contributed by atoms with Gasteiger partial charge in [-0.15, -0.1) is 0 Å². The van der Waals surface area contributed by atoms with Crippen LogP contribution >= 0.6 is 11.6 Å². The zero-order valence-electron chi connectivity index (χ0n) is 20.0. The molecule has 0 unspecified atom stereocenters. The van der Waals surface area contributed by atoms with E-state index in [9.17, 15) is 4.79 Å². The van der Waals surface area contributed by atoms with E-state index in [1.165, 1.54) is 0 Å². The number of nitrogens with zero attached hydrogens (tertiary/aromatic N) is 3. The van der Waals surface area contributed by atoms with Crippen LogP contribution in [0.1, 0.15) is 33.3 Å². The van der Waals surface area contributed by atoms with Crippen molar-refractivity contribution in [2.24, 2.45) is 0 Å². The number of nitrogens with one attached hydrogen (secondary N) is 1. The Morgan fingerprint density at radius 3 is 2.64 bits per heavy atom. The number of oxazole rings is 1. The summed E-state index contributed by atoms with van der Waals surface area (Å²) in [6.07, 6.45) is 2.20. The predicted molar refractivity (Wildman–Crippen MR) is 138 cm³/mol. The van der Waals surface area contributed by atoms with Gasteiger partial charge in [-0.3, -0.25) is 9.78 Å². The lowest BCUT2D eigenvalue weighted by atomic mass is 10.1. The number of benzene rings is 2. The zero-order valence-corrected chi connectivity index (χ0v) is 20.8. The number of carbonyl (C=O) groups excluding carboxylic acids is 1. The highest BCUT2D eigenvalue weighted by molar-refractivity contribution is 6.30. The molecule has 0 atom stereocenters. The SMILES string of the molecule is Cc1oc(Cc2cccc(Cl)c2)nc1-c1ccc(OCc2ccc(C(=O)N3CCNCC3)cn2)cc1. The van der Waals surface area contributed by atoms with Crippen LogP contribution in [0.25, 0.3) is 11.3 Å². The fourth-order valence-electron chi connectivity index (χ4n) is 4.17. The number of aromatic nitrogens is 2. The second kappa shape index (κ2) is 10.9. The van der Waals surface area contributed by atoms with Gasteiger partial charge in [-0.1, -0.05) is 23.7 Å². The summed E-state index contributed by atoms with van der Waals surface area (Å²) < 4.78 is 11.8. The molecule has 0 radical (unpaired) electrons. The molecule has 3 heterocycles. The second-order valence-corrected chi connectivity index (χ2v) is 9.15.